The van der Waals surface area contributed by atoms with E-state index in [1.807, 2.05) is 87.5 Å². The Morgan fingerprint density at radius 1 is 0.941 bits per heavy atom. The zero-order chi connectivity index (χ0) is 23.9. The lowest BCUT2D eigenvalue weighted by atomic mass is 10.2. The van der Waals surface area contributed by atoms with E-state index in [0.717, 1.165) is 33.9 Å². The summed E-state index contributed by atoms with van der Waals surface area (Å²) in [5.74, 6) is 2.12. The number of carbonyl (C=O) groups is 1. The number of hydrogen-bond donors (Lipinski definition) is 1. The molecule has 0 bridgehead atoms. The molecule has 0 radical (unpaired) electrons. The second-order valence-electron chi connectivity index (χ2n) is 8.22. The van der Waals surface area contributed by atoms with E-state index in [-0.39, 0.29) is 12.3 Å². The van der Waals surface area contributed by atoms with Crippen LogP contribution < -0.4 is 14.8 Å². The summed E-state index contributed by atoms with van der Waals surface area (Å²) < 4.78 is 17.4. The third-order valence-electron chi connectivity index (χ3n) is 5.67. The average molecular weight is 459 g/mol. The van der Waals surface area contributed by atoms with Crippen LogP contribution in [0.2, 0.25) is 0 Å². The number of rotatable bonds is 8. The molecule has 0 fully saturated rings. The first-order valence-electron chi connectivity index (χ1n) is 11.4. The van der Waals surface area contributed by atoms with Gasteiger partial charge in [-0.25, -0.2) is 4.79 Å². The zero-order valence-corrected chi connectivity index (χ0v) is 19.8. The summed E-state index contributed by atoms with van der Waals surface area (Å²) in [5.41, 5.74) is 4.11. The number of carbonyl (C=O) groups excluding carboxylic acids is 1. The van der Waals surface area contributed by atoms with E-state index in [1.165, 1.54) is 0 Å². The van der Waals surface area contributed by atoms with E-state index in [0.29, 0.717) is 25.4 Å². The molecular weight excluding hydrogens is 428 g/mol. The standard InChI is InChI=1S/C28H30N2O4/c1-4-30(28(31)34-25-14-10-20(2)11-15-25)18-22-12-16-24(17-13-22)32-19-26-21(3)33-27(29-26)23-8-6-5-7-9-23/h5-17,27,29H,4,18-19H2,1-3H3. The lowest BCUT2D eigenvalue weighted by Crippen LogP contribution is -2.32. The number of allylic oxidation sites excluding steroid dienone is 1. The molecule has 0 aliphatic carbocycles. The number of nitrogens with zero attached hydrogens (tertiary/aromatic N) is 1. The molecule has 1 atom stereocenters. The van der Waals surface area contributed by atoms with Gasteiger partial charge in [-0.2, -0.15) is 0 Å². The van der Waals surface area contributed by atoms with Gasteiger partial charge >= 0.3 is 6.09 Å². The number of aryl methyl sites for hydroxylation is 1. The first-order valence-corrected chi connectivity index (χ1v) is 11.4. The SMILES string of the molecule is CCN(Cc1ccc(OCC2=C(C)OC(c3ccccc3)N2)cc1)C(=O)Oc1ccc(C)cc1. The Labute approximate surface area is 200 Å². The maximum Gasteiger partial charge on any atom is 0.415 e. The lowest BCUT2D eigenvalue weighted by molar-refractivity contribution is 0.130. The summed E-state index contributed by atoms with van der Waals surface area (Å²) in [7, 11) is 0. The van der Waals surface area contributed by atoms with E-state index in [2.05, 4.69) is 5.32 Å². The highest BCUT2D eigenvalue weighted by molar-refractivity contribution is 5.70. The van der Waals surface area contributed by atoms with Crippen molar-refractivity contribution in [2.45, 2.75) is 33.5 Å². The average Bonchev–Trinajstić information content (AvgIpc) is 3.24. The van der Waals surface area contributed by atoms with Gasteiger partial charge in [-0.3, -0.25) is 0 Å². The molecule has 1 heterocycles. The topological polar surface area (TPSA) is 60.0 Å². The van der Waals surface area contributed by atoms with Gasteiger partial charge < -0.3 is 24.4 Å². The molecule has 1 amide bonds. The summed E-state index contributed by atoms with van der Waals surface area (Å²) in [6, 6.07) is 25.2. The highest BCUT2D eigenvalue weighted by Gasteiger charge is 2.23. The number of amides is 1. The Morgan fingerprint density at radius 3 is 2.29 bits per heavy atom. The summed E-state index contributed by atoms with van der Waals surface area (Å²) in [6.45, 7) is 7.26. The molecule has 1 N–H and O–H groups in total. The van der Waals surface area contributed by atoms with Crippen molar-refractivity contribution in [2.24, 2.45) is 0 Å². The van der Waals surface area contributed by atoms with E-state index < -0.39 is 0 Å². The van der Waals surface area contributed by atoms with Gasteiger partial charge in [0.2, 0.25) is 0 Å². The molecular formula is C28H30N2O4. The molecule has 0 spiro atoms. The fourth-order valence-electron chi connectivity index (χ4n) is 3.60. The number of nitrogens with one attached hydrogen (secondary N) is 1. The van der Waals surface area contributed by atoms with Crippen molar-refractivity contribution >= 4 is 6.09 Å². The van der Waals surface area contributed by atoms with Gasteiger partial charge in [0.15, 0.2) is 6.23 Å². The van der Waals surface area contributed by atoms with Crippen molar-refractivity contribution < 1.29 is 19.0 Å². The molecule has 0 saturated heterocycles. The van der Waals surface area contributed by atoms with Crippen molar-refractivity contribution in [1.29, 1.82) is 0 Å². The first kappa shape index (κ1) is 23.2. The number of benzene rings is 3. The van der Waals surface area contributed by atoms with Crippen molar-refractivity contribution in [3.63, 3.8) is 0 Å². The number of hydrogen-bond acceptors (Lipinski definition) is 5. The predicted octanol–water partition coefficient (Wildman–Crippen LogP) is 5.94. The van der Waals surface area contributed by atoms with Crippen molar-refractivity contribution in [3.05, 3.63) is 107 Å². The highest BCUT2D eigenvalue weighted by Crippen LogP contribution is 2.27. The molecule has 0 aromatic heterocycles. The Morgan fingerprint density at radius 2 is 1.62 bits per heavy atom. The summed E-state index contributed by atoms with van der Waals surface area (Å²) in [6.07, 6.45) is -0.559. The molecule has 3 aromatic carbocycles. The molecule has 176 valence electrons. The van der Waals surface area contributed by atoms with Crippen molar-refractivity contribution in [3.8, 4) is 11.5 Å². The lowest BCUT2D eigenvalue weighted by Gasteiger charge is -2.20. The molecule has 6 heteroatoms. The fourth-order valence-corrected chi connectivity index (χ4v) is 3.60. The third-order valence-corrected chi connectivity index (χ3v) is 5.67. The van der Waals surface area contributed by atoms with Gasteiger partial charge in [0.05, 0.1) is 5.70 Å². The van der Waals surface area contributed by atoms with Crippen LogP contribution in [0, 0.1) is 6.92 Å². The van der Waals surface area contributed by atoms with Crippen molar-refractivity contribution in [2.75, 3.05) is 13.2 Å². The predicted molar refractivity (Wildman–Crippen MR) is 131 cm³/mol. The van der Waals surface area contributed by atoms with E-state index in [9.17, 15) is 4.79 Å². The Kier molecular flexibility index (Phi) is 7.38. The van der Waals surface area contributed by atoms with Crippen molar-refractivity contribution in [1.82, 2.24) is 10.2 Å². The smallest absolute Gasteiger partial charge is 0.415 e. The number of ether oxygens (including phenoxy) is 3. The summed E-state index contributed by atoms with van der Waals surface area (Å²) in [4.78, 5) is 14.2. The molecule has 1 aliphatic rings. The minimum absolute atomic E-state index is 0.193. The van der Waals surface area contributed by atoms with Gasteiger partial charge in [-0.15, -0.1) is 0 Å². The van der Waals surface area contributed by atoms with E-state index in [1.54, 1.807) is 17.0 Å². The monoisotopic (exact) mass is 458 g/mol. The fraction of sp³-hybridized carbons (Fsp3) is 0.250. The molecule has 0 saturated carbocycles. The molecule has 4 rings (SSSR count). The summed E-state index contributed by atoms with van der Waals surface area (Å²) in [5, 5.41) is 3.38. The minimum Gasteiger partial charge on any atom is -0.487 e. The van der Waals surface area contributed by atoms with Gasteiger partial charge in [0, 0.05) is 18.7 Å². The van der Waals surface area contributed by atoms with Crippen LogP contribution >= 0.6 is 0 Å². The minimum atomic E-state index is -0.366. The van der Waals surface area contributed by atoms with Crippen LogP contribution in [-0.2, 0) is 11.3 Å². The normalized spacial score (nSPS) is 14.9. The second kappa shape index (κ2) is 10.8. The molecule has 1 unspecified atom stereocenters. The molecule has 6 nitrogen and oxygen atoms in total. The maximum absolute atomic E-state index is 12.6. The Balaban J connectivity index is 1.29. The van der Waals surface area contributed by atoms with Crippen LogP contribution in [0.25, 0.3) is 0 Å². The van der Waals surface area contributed by atoms with Crippen LogP contribution in [0.15, 0.2) is 90.3 Å². The zero-order valence-electron chi connectivity index (χ0n) is 19.8. The van der Waals surface area contributed by atoms with E-state index >= 15 is 0 Å². The Hall–Kier alpha value is -3.93. The second-order valence-corrected chi connectivity index (χ2v) is 8.22. The van der Waals surface area contributed by atoms with Crippen LogP contribution in [0.3, 0.4) is 0 Å². The molecule has 3 aromatic rings. The van der Waals surface area contributed by atoms with Crippen LogP contribution in [0.1, 0.15) is 36.8 Å². The molecule has 34 heavy (non-hydrogen) atoms. The van der Waals surface area contributed by atoms with Gasteiger partial charge in [-0.1, -0.05) is 60.2 Å². The molecule has 1 aliphatic heterocycles. The quantitative estimate of drug-likeness (QED) is 0.452. The summed E-state index contributed by atoms with van der Waals surface area (Å²) >= 11 is 0. The van der Waals surface area contributed by atoms with Crippen LogP contribution in [-0.4, -0.2) is 24.1 Å². The maximum atomic E-state index is 12.6. The third kappa shape index (κ3) is 5.90. The highest BCUT2D eigenvalue weighted by atomic mass is 16.6. The van der Waals surface area contributed by atoms with Gasteiger partial charge in [0.1, 0.15) is 23.9 Å². The largest absolute Gasteiger partial charge is 0.487 e. The van der Waals surface area contributed by atoms with Gasteiger partial charge in [0.25, 0.3) is 0 Å². The van der Waals surface area contributed by atoms with Gasteiger partial charge in [-0.05, 0) is 50.6 Å². The first-order chi connectivity index (χ1) is 16.5. The van der Waals surface area contributed by atoms with Crippen LogP contribution in [0.4, 0.5) is 4.79 Å². The Bertz CT molecular complexity index is 1130. The van der Waals surface area contributed by atoms with E-state index in [4.69, 9.17) is 14.2 Å². The van der Waals surface area contributed by atoms with Crippen LogP contribution in [0.5, 0.6) is 11.5 Å².